The normalized spacial score (nSPS) is 10.9. The molecule has 0 unspecified atom stereocenters. The Morgan fingerprint density at radius 2 is 1.87 bits per heavy atom. The smallest absolute Gasteiger partial charge is 0.409 e. The molecule has 0 aliphatic heterocycles. The van der Waals surface area contributed by atoms with Crippen LogP contribution in [-0.4, -0.2) is 17.0 Å². The lowest BCUT2D eigenvalue weighted by atomic mass is 10.1. The summed E-state index contributed by atoms with van der Waals surface area (Å²) in [6, 6.07) is 9.03. The van der Waals surface area contributed by atoms with Crippen molar-refractivity contribution in [3.63, 3.8) is 0 Å². The van der Waals surface area contributed by atoms with Crippen LogP contribution < -0.4 is 5.32 Å². The molecule has 1 rings (SSSR count). The molecule has 0 aliphatic rings. The van der Waals surface area contributed by atoms with Crippen LogP contribution in [-0.2, 0) is 4.79 Å². The van der Waals surface area contributed by atoms with Gasteiger partial charge in [0.1, 0.15) is 0 Å². The van der Waals surface area contributed by atoms with Crippen LogP contribution in [0, 0.1) is 0 Å². The molecule has 4 nitrogen and oxygen atoms in total. The zero-order chi connectivity index (χ0) is 11.3. The first-order chi connectivity index (χ1) is 7.09. The summed E-state index contributed by atoms with van der Waals surface area (Å²) in [6.07, 6.45) is 0.253. The van der Waals surface area contributed by atoms with E-state index in [9.17, 15) is 9.59 Å². The van der Waals surface area contributed by atoms with Gasteiger partial charge in [0.15, 0.2) is 5.78 Å². The van der Waals surface area contributed by atoms with Crippen LogP contribution in [0.4, 0.5) is 4.79 Å². The summed E-state index contributed by atoms with van der Waals surface area (Å²) >= 11 is 0. The van der Waals surface area contributed by atoms with E-state index in [1.165, 1.54) is 13.0 Å². The quantitative estimate of drug-likeness (QED) is 0.740. The van der Waals surface area contributed by atoms with E-state index in [4.69, 9.17) is 5.11 Å². The molecule has 0 saturated carbocycles. The summed E-state index contributed by atoms with van der Waals surface area (Å²) in [5.41, 5.74) is 0.838. The Labute approximate surface area is 87.2 Å². The van der Waals surface area contributed by atoms with E-state index in [1.807, 2.05) is 18.2 Å². The Hall–Kier alpha value is -2.10. The van der Waals surface area contributed by atoms with Gasteiger partial charge in [-0.05, 0) is 11.6 Å². The molecule has 2 N–H and O–H groups in total. The molecule has 0 aliphatic carbocycles. The summed E-state index contributed by atoms with van der Waals surface area (Å²) in [7, 11) is 0. The molecule has 0 aromatic heterocycles. The fourth-order valence-electron chi connectivity index (χ4n) is 1.06. The number of rotatable bonds is 3. The van der Waals surface area contributed by atoms with Crippen LogP contribution >= 0.6 is 0 Å². The summed E-state index contributed by atoms with van der Waals surface area (Å²) in [5, 5.41) is 10.6. The molecule has 1 aromatic carbocycles. The van der Waals surface area contributed by atoms with E-state index in [0.29, 0.717) is 0 Å². The second-order valence-electron chi connectivity index (χ2n) is 2.96. The van der Waals surface area contributed by atoms with Gasteiger partial charge >= 0.3 is 6.09 Å². The van der Waals surface area contributed by atoms with Gasteiger partial charge < -0.3 is 5.11 Å². The van der Waals surface area contributed by atoms with Crippen molar-refractivity contribution in [3.8, 4) is 0 Å². The van der Waals surface area contributed by atoms with Gasteiger partial charge in [-0.2, -0.15) is 0 Å². The predicted molar refractivity (Wildman–Crippen MR) is 56.3 cm³/mol. The molecule has 0 fully saturated rings. The number of ketones is 1. The van der Waals surface area contributed by atoms with Gasteiger partial charge in [0.2, 0.25) is 0 Å². The average molecular weight is 205 g/mol. The predicted octanol–water partition coefficient (Wildman–Crippen LogP) is 1.88. The fourth-order valence-corrected chi connectivity index (χ4v) is 1.06. The molecule has 78 valence electrons. The molecule has 0 radical (unpaired) electrons. The van der Waals surface area contributed by atoms with Gasteiger partial charge in [-0.15, -0.1) is 0 Å². The first-order valence-corrected chi connectivity index (χ1v) is 4.37. The van der Waals surface area contributed by atoms with Gasteiger partial charge in [0.25, 0.3) is 0 Å². The van der Waals surface area contributed by atoms with Gasteiger partial charge in [-0.25, -0.2) is 4.79 Å². The molecule has 15 heavy (non-hydrogen) atoms. The largest absolute Gasteiger partial charge is 0.465 e. The number of hydrogen-bond donors (Lipinski definition) is 2. The Balaban J connectivity index is 2.94. The second kappa shape index (κ2) is 4.95. The van der Waals surface area contributed by atoms with E-state index >= 15 is 0 Å². The van der Waals surface area contributed by atoms with Crippen molar-refractivity contribution < 1.29 is 14.7 Å². The number of allylic oxidation sites excluding steroid dienone is 1. The average Bonchev–Trinajstić information content (AvgIpc) is 2.17. The number of benzene rings is 1. The molecular formula is C11H11NO3. The van der Waals surface area contributed by atoms with Crippen LogP contribution in [0.25, 0.3) is 6.08 Å². The SMILES string of the molecule is CC(=O)/C(=C\c1ccccc1)NC(=O)O. The third-order valence-corrected chi connectivity index (χ3v) is 1.73. The Bertz CT molecular complexity index is 396. The van der Waals surface area contributed by atoms with Crippen molar-refractivity contribution in [3.05, 3.63) is 41.6 Å². The molecule has 0 spiro atoms. The highest BCUT2D eigenvalue weighted by atomic mass is 16.4. The fraction of sp³-hybridized carbons (Fsp3) is 0.0909. The molecule has 0 atom stereocenters. The van der Waals surface area contributed by atoms with Gasteiger partial charge in [-0.1, -0.05) is 30.3 Å². The van der Waals surface area contributed by atoms with Gasteiger partial charge in [0, 0.05) is 6.92 Å². The lowest BCUT2D eigenvalue weighted by Gasteiger charge is -2.02. The van der Waals surface area contributed by atoms with Gasteiger partial charge in [0.05, 0.1) is 5.70 Å². The lowest BCUT2D eigenvalue weighted by Crippen LogP contribution is -2.24. The minimum Gasteiger partial charge on any atom is -0.465 e. The molecule has 1 aromatic rings. The summed E-state index contributed by atoms with van der Waals surface area (Å²) in [6.45, 7) is 1.31. The Morgan fingerprint density at radius 1 is 1.27 bits per heavy atom. The Kier molecular flexibility index (Phi) is 3.62. The second-order valence-corrected chi connectivity index (χ2v) is 2.96. The standard InChI is InChI=1S/C11H11NO3/c1-8(13)10(12-11(14)15)7-9-5-3-2-4-6-9/h2-7,12H,1H3,(H,14,15)/b10-7+. The third-order valence-electron chi connectivity index (χ3n) is 1.73. The maximum atomic E-state index is 11.1. The maximum Gasteiger partial charge on any atom is 0.409 e. The third kappa shape index (κ3) is 3.64. The summed E-state index contributed by atoms with van der Waals surface area (Å²) in [4.78, 5) is 21.5. The molecule has 0 bridgehead atoms. The van der Waals surface area contributed by atoms with Crippen molar-refractivity contribution >= 4 is 18.0 Å². The van der Waals surface area contributed by atoms with Crippen LogP contribution in [0.15, 0.2) is 36.0 Å². The molecule has 1 amide bonds. The highest BCUT2D eigenvalue weighted by Gasteiger charge is 2.06. The van der Waals surface area contributed by atoms with Crippen molar-refractivity contribution in [2.24, 2.45) is 0 Å². The van der Waals surface area contributed by atoms with Crippen molar-refractivity contribution in [2.75, 3.05) is 0 Å². The number of Topliss-reactive ketones (excluding diaryl/α,β-unsaturated/α-hetero) is 1. The number of hydrogen-bond acceptors (Lipinski definition) is 2. The highest BCUT2D eigenvalue weighted by molar-refractivity contribution is 5.99. The van der Waals surface area contributed by atoms with Crippen LogP contribution in [0.1, 0.15) is 12.5 Å². The van der Waals surface area contributed by atoms with E-state index in [2.05, 4.69) is 5.32 Å². The van der Waals surface area contributed by atoms with Gasteiger partial charge in [-0.3, -0.25) is 10.1 Å². The first kappa shape index (κ1) is 11.0. The lowest BCUT2D eigenvalue weighted by molar-refractivity contribution is -0.113. The zero-order valence-electron chi connectivity index (χ0n) is 8.23. The van der Waals surface area contributed by atoms with Crippen molar-refractivity contribution in [1.29, 1.82) is 0 Å². The van der Waals surface area contributed by atoms with Crippen LogP contribution in [0.3, 0.4) is 0 Å². The zero-order valence-corrected chi connectivity index (χ0v) is 8.23. The topological polar surface area (TPSA) is 66.4 Å². The van der Waals surface area contributed by atoms with Crippen LogP contribution in [0.5, 0.6) is 0 Å². The van der Waals surface area contributed by atoms with E-state index in [0.717, 1.165) is 5.56 Å². The first-order valence-electron chi connectivity index (χ1n) is 4.37. The van der Waals surface area contributed by atoms with E-state index < -0.39 is 6.09 Å². The maximum absolute atomic E-state index is 11.1. The number of carboxylic acid groups (broad SMARTS) is 1. The summed E-state index contributed by atoms with van der Waals surface area (Å²) in [5.74, 6) is -0.318. The molecule has 0 heterocycles. The van der Waals surface area contributed by atoms with Crippen LogP contribution in [0.2, 0.25) is 0 Å². The molecule has 4 heteroatoms. The van der Waals surface area contributed by atoms with E-state index in [-0.39, 0.29) is 11.5 Å². The molecular weight excluding hydrogens is 194 g/mol. The number of amides is 1. The summed E-state index contributed by atoms with van der Waals surface area (Å²) < 4.78 is 0. The van der Waals surface area contributed by atoms with E-state index in [1.54, 1.807) is 12.1 Å². The molecule has 0 saturated heterocycles. The van der Waals surface area contributed by atoms with Crippen molar-refractivity contribution in [2.45, 2.75) is 6.92 Å². The Morgan fingerprint density at radius 3 is 2.33 bits per heavy atom. The highest BCUT2D eigenvalue weighted by Crippen LogP contribution is 2.05. The number of carbonyl (C=O) groups excluding carboxylic acids is 1. The number of nitrogens with one attached hydrogen (secondary N) is 1. The monoisotopic (exact) mass is 205 g/mol. The number of carbonyl (C=O) groups is 2. The minimum absolute atomic E-state index is 0.0636. The minimum atomic E-state index is -1.24. The van der Waals surface area contributed by atoms with Crippen molar-refractivity contribution in [1.82, 2.24) is 5.32 Å².